The Morgan fingerprint density at radius 2 is 1.78 bits per heavy atom. The lowest BCUT2D eigenvalue weighted by Gasteiger charge is -2.20. The summed E-state index contributed by atoms with van der Waals surface area (Å²) >= 11 is 9.48. The van der Waals surface area contributed by atoms with E-state index >= 15 is 0 Å². The Hall–Kier alpha value is -2.52. The molecule has 27 heavy (non-hydrogen) atoms. The predicted octanol–water partition coefficient (Wildman–Crippen LogP) is 4.31. The molecule has 8 nitrogen and oxygen atoms in total. The number of halogens is 2. The summed E-state index contributed by atoms with van der Waals surface area (Å²) in [5, 5.41) is 12.0. The van der Waals surface area contributed by atoms with Gasteiger partial charge in [0.15, 0.2) is 5.75 Å². The molecule has 0 N–H and O–H groups in total. The Kier molecular flexibility index (Phi) is 6.50. The molecule has 1 amide bonds. The Balaban J connectivity index is 2.68. The third kappa shape index (κ3) is 3.93. The lowest BCUT2D eigenvalue weighted by Crippen LogP contribution is -2.27. The van der Waals surface area contributed by atoms with Gasteiger partial charge in [0.1, 0.15) is 5.56 Å². The first kappa shape index (κ1) is 20.8. The van der Waals surface area contributed by atoms with Gasteiger partial charge in [0.25, 0.3) is 5.91 Å². The zero-order chi connectivity index (χ0) is 20.3. The molecule has 0 spiro atoms. The molecule has 0 aliphatic carbocycles. The summed E-state index contributed by atoms with van der Waals surface area (Å²) in [6.45, 7) is 0. The quantitative estimate of drug-likeness (QED) is 0.472. The molecule has 0 unspecified atom stereocenters. The van der Waals surface area contributed by atoms with Crippen LogP contribution in [-0.4, -0.2) is 39.2 Å². The van der Waals surface area contributed by atoms with Crippen molar-refractivity contribution in [2.45, 2.75) is 0 Å². The topological polar surface area (TPSA) is 91.1 Å². The van der Waals surface area contributed by atoms with Crippen LogP contribution in [0.4, 0.5) is 11.4 Å². The van der Waals surface area contributed by atoms with Crippen LogP contribution in [0, 0.1) is 10.1 Å². The van der Waals surface area contributed by atoms with Gasteiger partial charge in [-0.25, -0.2) is 0 Å². The van der Waals surface area contributed by atoms with Gasteiger partial charge < -0.3 is 19.1 Å². The van der Waals surface area contributed by atoms with Gasteiger partial charge in [-0.15, -0.1) is 0 Å². The van der Waals surface area contributed by atoms with Crippen molar-refractivity contribution in [1.29, 1.82) is 0 Å². The van der Waals surface area contributed by atoms with Crippen molar-refractivity contribution >= 4 is 44.8 Å². The van der Waals surface area contributed by atoms with Crippen LogP contribution in [0.15, 0.2) is 28.7 Å². The monoisotopic (exact) mass is 458 g/mol. The second kappa shape index (κ2) is 8.45. The molecule has 2 rings (SSSR count). The molecule has 144 valence electrons. The molecular weight excluding hydrogens is 444 g/mol. The van der Waals surface area contributed by atoms with E-state index in [1.54, 1.807) is 18.2 Å². The van der Waals surface area contributed by atoms with Crippen LogP contribution in [0.1, 0.15) is 10.4 Å². The minimum atomic E-state index is -0.703. The third-order valence-electron chi connectivity index (χ3n) is 3.79. The van der Waals surface area contributed by atoms with Crippen LogP contribution in [0.5, 0.6) is 17.2 Å². The number of carbonyl (C=O) groups is 1. The second-order valence-electron chi connectivity index (χ2n) is 5.26. The smallest absolute Gasteiger partial charge is 0.327 e. The standard InChI is InChI=1S/C17H16BrClN2O6/c1-20(12-6-5-9(18)7-11(12)19)17(22)10-8-13(25-2)15(26-3)16(27-4)14(10)21(23)24/h5-8H,1-4H3. The zero-order valence-electron chi connectivity index (χ0n) is 14.9. The lowest BCUT2D eigenvalue weighted by atomic mass is 10.1. The number of methoxy groups -OCH3 is 3. The van der Waals surface area contributed by atoms with Gasteiger partial charge in [-0.2, -0.15) is 0 Å². The van der Waals surface area contributed by atoms with Crippen molar-refractivity contribution in [2.75, 3.05) is 33.3 Å². The second-order valence-corrected chi connectivity index (χ2v) is 6.58. The number of carbonyl (C=O) groups excluding carboxylic acids is 1. The SMILES string of the molecule is COc1cc(C(=O)N(C)c2ccc(Br)cc2Cl)c([N+](=O)[O-])c(OC)c1OC. The number of hydrogen-bond acceptors (Lipinski definition) is 6. The van der Waals surface area contributed by atoms with Crippen LogP contribution in [-0.2, 0) is 0 Å². The number of hydrogen-bond donors (Lipinski definition) is 0. The maximum absolute atomic E-state index is 13.0. The first-order valence-corrected chi connectivity index (χ1v) is 8.64. The van der Waals surface area contributed by atoms with Gasteiger partial charge in [-0.05, 0) is 18.2 Å². The van der Waals surface area contributed by atoms with Gasteiger partial charge in [-0.3, -0.25) is 14.9 Å². The molecule has 0 radical (unpaired) electrons. The largest absolute Gasteiger partial charge is 0.493 e. The molecule has 2 aromatic carbocycles. The van der Waals surface area contributed by atoms with Crippen LogP contribution >= 0.6 is 27.5 Å². The molecule has 0 aliphatic heterocycles. The number of anilines is 1. The van der Waals surface area contributed by atoms with E-state index in [0.717, 1.165) is 4.47 Å². The summed E-state index contributed by atoms with van der Waals surface area (Å²) in [4.78, 5) is 25.2. The number of nitro benzene ring substituents is 1. The molecule has 0 bridgehead atoms. The normalized spacial score (nSPS) is 10.3. The van der Waals surface area contributed by atoms with Crippen LogP contribution in [0.2, 0.25) is 5.02 Å². The van der Waals surface area contributed by atoms with Gasteiger partial charge in [-0.1, -0.05) is 27.5 Å². The summed E-state index contributed by atoms with van der Waals surface area (Å²) in [7, 11) is 5.38. The maximum atomic E-state index is 13.0. The fourth-order valence-electron chi connectivity index (χ4n) is 2.53. The van der Waals surface area contributed by atoms with Crippen molar-refractivity contribution in [1.82, 2.24) is 0 Å². The van der Waals surface area contributed by atoms with E-state index in [1.807, 2.05) is 0 Å². The fourth-order valence-corrected chi connectivity index (χ4v) is 3.33. The van der Waals surface area contributed by atoms with Crippen molar-refractivity contribution < 1.29 is 23.9 Å². The van der Waals surface area contributed by atoms with Crippen LogP contribution in [0.25, 0.3) is 0 Å². The summed E-state index contributed by atoms with van der Waals surface area (Å²) in [6.07, 6.45) is 0. The first-order chi connectivity index (χ1) is 12.8. The Bertz CT molecular complexity index is 905. The number of benzene rings is 2. The molecule has 10 heteroatoms. The van der Waals surface area contributed by atoms with Gasteiger partial charge in [0.05, 0.1) is 37.0 Å². The minimum Gasteiger partial charge on any atom is -0.493 e. The average Bonchev–Trinajstić information content (AvgIpc) is 2.64. The molecule has 0 fully saturated rings. The van der Waals surface area contributed by atoms with Crippen molar-refractivity contribution in [3.05, 3.63) is 49.4 Å². The number of amides is 1. The molecule has 0 saturated heterocycles. The van der Waals surface area contributed by atoms with E-state index in [-0.39, 0.29) is 22.8 Å². The fraction of sp³-hybridized carbons (Fsp3) is 0.235. The zero-order valence-corrected chi connectivity index (χ0v) is 17.3. The van der Waals surface area contributed by atoms with Crippen LogP contribution < -0.4 is 19.1 Å². The summed E-state index contributed by atoms with van der Waals surface area (Å²) < 4.78 is 16.2. The Morgan fingerprint density at radius 3 is 2.26 bits per heavy atom. The summed E-state index contributed by atoms with van der Waals surface area (Å²) in [6, 6.07) is 6.18. The van der Waals surface area contributed by atoms with E-state index in [1.165, 1.54) is 39.3 Å². The van der Waals surface area contributed by atoms with Crippen molar-refractivity contribution in [2.24, 2.45) is 0 Å². The Labute approximate surface area is 168 Å². The number of nitro groups is 1. The molecule has 0 saturated carbocycles. The highest BCUT2D eigenvalue weighted by Crippen LogP contribution is 2.46. The minimum absolute atomic E-state index is 0.0209. The van der Waals surface area contributed by atoms with Crippen molar-refractivity contribution in [3.8, 4) is 17.2 Å². The predicted molar refractivity (Wildman–Crippen MR) is 105 cm³/mol. The number of rotatable bonds is 6. The molecule has 0 atom stereocenters. The highest BCUT2D eigenvalue weighted by molar-refractivity contribution is 9.10. The van der Waals surface area contributed by atoms with E-state index in [4.69, 9.17) is 25.8 Å². The summed E-state index contributed by atoms with van der Waals surface area (Å²) in [5.41, 5.74) is -0.371. The molecule has 0 aromatic heterocycles. The van der Waals surface area contributed by atoms with E-state index in [2.05, 4.69) is 15.9 Å². The number of nitrogens with zero attached hydrogens (tertiary/aromatic N) is 2. The van der Waals surface area contributed by atoms with Gasteiger partial charge >= 0.3 is 5.69 Å². The van der Waals surface area contributed by atoms with Gasteiger partial charge in [0.2, 0.25) is 11.5 Å². The third-order valence-corrected chi connectivity index (χ3v) is 4.59. The Morgan fingerprint density at radius 1 is 1.15 bits per heavy atom. The van der Waals surface area contributed by atoms with E-state index in [0.29, 0.717) is 10.7 Å². The molecular formula is C17H16BrClN2O6. The summed E-state index contributed by atoms with van der Waals surface area (Å²) in [5.74, 6) is -0.725. The number of ether oxygens (including phenoxy) is 3. The average molecular weight is 460 g/mol. The molecule has 0 heterocycles. The molecule has 2 aromatic rings. The van der Waals surface area contributed by atoms with E-state index < -0.39 is 16.5 Å². The highest BCUT2D eigenvalue weighted by Gasteiger charge is 2.34. The van der Waals surface area contributed by atoms with Crippen molar-refractivity contribution in [3.63, 3.8) is 0 Å². The highest BCUT2D eigenvalue weighted by atomic mass is 79.9. The van der Waals surface area contributed by atoms with Gasteiger partial charge in [0, 0.05) is 17.6 Å². The molecule has 0 aliphatic rings. The first-order valence-electron chi connectivity index (χ1n) is 7.47. The maximum Gasteiger partial charge on any atom is 0.327 e. The van der Waals surface area contributed by atoms with Crippen LogP contribution in [0.3, 0.4) is 0 Å². The van der Waals surface area contributed by atoms with E-state index in [9.17, 15) is 14.9 Å². The lowest BCUT2D eigenvalue weighted by molar-refractivity contribution is -0.386.